The molecule has 0 saturated heterocycles. The molecular weight excluding hydrogens is 219 g/mol. The largest absolute Gasteiger partial charge is 0.235 e. The van der Waals surface area contributed by atoms with Gasteiger partial charge >= 0.3 is 0 Å². The van der Waals surface area contributed by atoms with Gasteiger partial charge in [-0.1, -0.05) is 0 Å². The first kappa shape index (κ1) is 9.89. The normalized spacial score (nSPS) is 10.9. The highest BCUT2D eigenvalue weighted by atomic mass is 19.1. The quantitative estimate of drug-likeness (QED) is 0.600. The molecule has 0 atom stereocenters. The molecular formula is C12H9FN4. The van der Waals surface area contributed by atoms with E-state index in [0.29, 0.717) is 5.56 Å². The van der Waals surface area contributed by atoms with Crippen LogP contribution in [0.25, 0.3) is 16.8 Å². The molecule has 3 rings (SSSR count). The lowest BCUT2D eigenvalue weighted by Crippen LogP contribution is -1.94. The van der Waals surface area contributed by atoms with E-state index in [2.05, 4.69) is 15.1 Å². The molecule has 0 aliphatic rings. The van der Waals surface area contributed by atoms with Gasteiger partial charge in [-0.05, 0) is 19.1 Å². The van der Waals surface area contributed by atoms with Crippen molar-refractivity contribution in [2.75, 3.05) is 0 Å². The second-order valence-electron chi connectivity index (χ2n) is 3.77. The summed E-state index contributed by atoms with van der Waals surface area (Å²) in [6.07, 6.45) is 6.63. The third kappa shape index (κ3) is 1.56. The van der Waals surface area contributed by atoms with E-state index in [1.54, 1.807) is 36.1 Å². The Kier molecular flexibility index (Phi) is 2.11. The highest BCUT2D eigenvalue weighted by Gasteiger charge is 2.08. The van der Waals surface area contributed by atoms with E-state index in [9.17, 15) is 4.39 Å². The Hall–Kier alpha value is -2.30. The molecule has 0 aliphatic carbocycles. The number of hydrogen-bond donors (Lipinski definition) is 0. The van der Waals surface area contributed by atoms with Crippen LogP contribution in [0.2, 0.25) is 0 Å². The molecule has 3 aromatic heterocycles. The number of aromatic nitrogens is 4. The van der Waals surface area contributed by atoms with Crippen molar-refractivity contribution in [3.8, 4) is 11.1 Å². The maximum Gasteiger partial charge on any atom is 0.215 e. The lowest BCUT2D eigenvalue weighted by Gasteiger charge is -2.04. The van der Waals surface area contributed by atoms with Crippen LogP contribution in [0.3, 0.4) is 0 Å². The molecule has 0 aliphatic heterocycles. The average Bonchev–Trinajstić information content (AvgIpc) is 2.80. The molecule has 5 heteroatoms. The van der Waals surface area contributed by atoms with Crippen LogP contribution in [0.1, 0.15) is 5.56 Å². The zero-order chi connectivity index (χ0) is 11.8. The van der Waals surface area contributed by atoms with E-state index in [1.165, 1.54) is 6.20 Å². The van der Waals surface area contributed by atoms with Gasteiger partial charge in [0.2, 0.25) is 5.95 Å². The van der Waals surface area contributed by atoms with Crippen molar-refractivity contribution in [2.24, 2.45) is 0 Å². The summed E-state index contributed by atoms with van der Waals surface area (Å²) >= 11 is 0. The van der Waals surface area contributed by atoms with Crippen LogP contribution in [0.4, 0.5) is 4.39 Å². The standard InChI is InChI=1S/C12H9FN4/c1-8-6-9(7-15-11(8)13)10-2-3-16-17-5-4-14-12(10)17/h2-7H,1H3. The second kappa shape index (κ2) is 3.62. The van der Waals surface area contributed by atoms with Crippen LogP contribution in [-0.4, -0.2) is 19.6 Å². The van der Waals surface area contributed by atoms with E-state index in [4.69, 9.17) is 0 Å². The fourth-order valence-corrected chi connectivity index (χ4v) is 1.77. The van der Waals surface area contributed by atoms with Gasteiger partial charge in [-0.15, -0.1) is 0 Å². The summed E-state index contributed by atoms with van der Waals surface area (Å²) in [5.41, 5.74) is 2.98. The first-order chi connectivity index (χ1) is 8.25. The molecule has 0 spiro atoms. The second-order valence-corrected chi connectivity index (χ2v) is 3.77. The molecule has 3 aromatic rings. The van der Waals surface area contributed by atoms with Crippen molar-refractivity contribution < 1.29 is 4.39 Å². The Balaban J connectivity index is 2.26. The van der Waals surface area contributed by atoms with Crippen LogP contribution >= 0.6 is 0 Å². The van der Waals surface area contributed by atoms with Crippen molar-refractivity contribution in [2.45, 2.75) is 6.92 Å². The minimum Gasteiger partial charge on any atom is -0.235 e. The first-order valence-electron chi connectivity index (χ1n) is 5.16. The fourth-order valence-electron chi connectivity index (χ4n) is 1.77. The number of nitrogens with zero attached hydrogens (tertiary/aromatic N) is 4. The van der Waals surface area contributed by atoms with Crippen molar-refractivity contribution in [1.29, 1.82) is 0 Å². The molecule has 0 radical (unpaired) electrons. The van der Waals surface area contributed by atoms with E-state index in [-0.39, 0.29) is 0 Å². The molecule has 4 nitrogen and oxygen atoms in total. The van der Waals surface area contributed by atoms with Gasteiger partial charge in [0.15, 0.2) is 5.65 Å². The summed E-state index contributed by atoms with van der Waals surface area (Å²) in [5, 5.41) is 4.13. The van der Waals surface area contributed by atoms with E-state index in [0.717, 1.165) is 16.8 Å². The fraction of sp³-hybridized carbons (Fsp3) is 0.0833. The maximum atomic E-state index is 13.1. The summed E-state index contributed by atoms with van der Waals surface area (Å²) in [6.45, 7) is 1.69. The van der Waals surface area contributed by atoms with Crippen LogP contribution in [0.15, 0.2) is 36.9 Å². The van der Waals surface area contributed by atoms with E-state index >= 15 is 0 Å². The van der Waals surface area contributed by atoms with Gasteiger partial charge in [0.1, 0.15) is 0 Å². The van der Waals surface area contributed by atoms with Crippen molar-refractivity contribution in [3.63, 3.8) is 0 Å². The van der Waals surface area contributed by atoms with Crippen LogP contribution in [-0.2, 0) is 0 Å². The number of hydrogen-bond acceptors (Lipinski definition) is 3. The number of halogens is 1. The molecule has 84 valence electrons. The Labute approximate surface area is 96.8 Å². The third-order valence-electron chi connectivity index (χ3n) is 2.62. The van der Waals surface area contributed by atoms with Crippen molar-refractivity contribution >= 4 is 5.65 Å². The highest BCUT2D eigenvalue weighted by molar-refractivity contribution is 5.76. The molecule has 0 saturated carbocycles. The van der Waals surface area contributed by atoms with Gasteiger partial charge in [-0.2, -0.15) is 9.49 Å². The summed E-state index contributed by atoms with van der Waals surface area (Å²) < 4.78 is 14.8. The van der Waals surface area contributed by atoms with Crippen LogP contribution in [0.5, 0.6) is 0 Å². The molecule has 0 bridgehead atoms. The minimum atomic E-state index is -0.442. The molecule has 0 aromatic carbocycles. The number of imidazole rings is 1. The molecule has 0 amide bonds. The summed E-state index contributed by atoms with van der Waals surface area (Å²) in [5.74, 6) is -0.442. The molecule has 0 N–H and O–H groups in total. The third-order valence-corrected chi connectivity index (χ3v) is 2.62. The van der Waals surface area contributed by atoms with Gasteiger partial charge in [0.25, 0.3) is 0 Å². The Morgan fingerprint density at radius 3 is 2.94 bits per heavy atom. The lowest BCUT2D eigenvalue weighted by molar-refractivity contribution is 0.575. The predicted molar refractivity (Wildman–Crippen MR) is 60.9 cm³/mol. The lowest BCUT2D eigenvalue weighted by atomic mass is 10.1. The summed E-state index contributed by atoms with van der Waals surface area (Å²) in [4.78, 5) is 7.95. The summed E-state index contributed by atoms with van der Waals surface area (Å²) in [6, 6.07) is 3.60. The number of rotatable bonds is 1. The highest BCUT2D eigenvalue weighted by Crippen LogP contribution is 2.23. The number of fused-ring (bicyclic) bond motifs is 1. The van der Waals surface area contributed by atoms with Gasteiger partial charge in [-0.3, -0.25) is 0 Å². The first-order valence-corrected chi connectivity index (χ1v) is 5.16. The Morgan fingerprint density at radius 1 is 1.24 bits per heavy atom. The maximum absolute atomic E-state index is 13.1. The van der Waals surface area contributed by atoms with Gasteiger partial charge in [0.05, 0.1) is 0 Å². The van der Waals surface area contributed by atoms with Crippen molar-refractivity contribution in [3.05, 3.63) is 48.4 Å². The Morgan fingerprint density at radius 2 is 2.12 bits per heavy atom. The Bertz CT molecular complexity index is 690. The van der Waals surface area contributed by atoms with Crippen molar-refractivity contribution in [1.82, 2.24) is 19.6 Å². The molecule has 3 heterocycles. The number of aryl methyl sites for hydroxylation is 1. The summed E-state index contributed by atoms with van der Waals surface area (Å²) in [7, 11) is 0. The van der Waals surface area contributed by atoms with Gasteiger partial charge in [-0.25, -0.2) is 14.5 Å². The topological polar surface area (TPSA) is 43.1 Å². The van der Waals surface area contributed by atoms with E-state index < -0.39 is 5.95 Å². The van der Waals surface area contributed by atoms with E-state index in [1.807, 2.05) is 6.07 Å². The van der Waals surface area contributed by atoms with Gasteiger partial charge < -0.3 is 0 Å². The molecule has 17 heavy (non-hydrogen) atoms. The average molecular weight is 228 g/mol. The minimum absolute atomic E-state index is 0.442. The smallest absolute Gasteiger partial charge is 0.215 e. The van der Waals surface area contributed by atoms with Gasteiger partial charge in [0, 0.05) is 41.5 Å². The number of pyridine rings is 1. The zero-order valence-electron chi connectivity index (χ0n) is 9.13. The molecule has 0 fully saturated rings. The SMILES string of the molecule is Cc1cc(-c2ccnn3ccnc23)cnc1F. The molecule has 0 unspecified atom stereocenters. The monoisotopic (exact) mass is 228 g/mol. The zero-order valence-corrected chi connectivity index (χ0v) is 9.13. The predicted octanol–water partition coefficient (Wildman–Crippen LogP) is 2.24. The van der Waals surface area contributed by atoms with Crippen LogP contribution < -0.4 is 0 Å². The van der Waals surface area contributed by atoms with Crippen LogP contribution in [0, 0.1) is 12.9 Å².